The van der Waals surface area contributed by atoms with Gasteiger partial charge in [-0.05, 0) is 30.2 Å². The molecular weight excluding hydrogens is 258 g/mol. The first-order valence-corrected chi connectivity index (χ1v) is 6.06. The lowest BCUT2D eigenvalue weighted by Gasteiger charge is -1.98. The number of aromatic nitrogens is 3. The molecule has 0 aliphatic heterocycles. The molecule has 0 N–H and O–H groups in total. The lowest BCUT2D eigenvalue weighted by atomic mass is 10.2. The Bertz CT molecular complexity index is 789. The summed E-state index contributed by atoms with van der Waals surface area (Å²) in [5.41, 5.74) is 2.56. The standard InChI is InChI=1S/C15H8ClN3/c16-14-12(9-8-11-5-2-1-3-6-11)19-15-13(18-14)7-4-10-17-15/h1-7,10H. The minimum Gasteiger partial charge on any atom is -0.235 e. The zero-order chi connectivity index (χ0) is 13.1. The first-order valence-electron chi connectivity index (χ1n) is 5.68. The SMILES string of the molecule is Clc1nc2cccnc2nc1C#Cc1ccccc1. The Kier molecular flexibility index (Phi) is 3.09. The zero-order valence-corrected chi connectivity index (χ0v) is 10.6. The predicted octanol–water partition coefficient (Wildman–Crippen LogP) is 3.08. The average Bonchev–Trinajstić information content (AvgIpc) is 2.46. The van der Waals surface area contributed by atoms with Crippen LogP contribution in [0.2, 0.25) is 5.15 Å². The van der Waals surface area contributed by atoms with Crippen LogP contribution in [-0.2, 0) is 0 Å². The lowest BCUT2D eigenvalue weighted by molar-refractivity contribution is 1.20. The van der Waals surface area contributed by atoms with Gasteiger partial charge >= 0.3 is 0 Å². The number of halogens is 1. The molecule has 0 aliphatic rings. The van der Waals surface area contributed by atoms with Gasteiger partial charge in [0.15, 0.2) is 16.5 Å². The van der Waals surface area contributed by atoms with Gasteiger partial charge in [-0.15, -0.1) is 0 Å². The summed E-state index contributed by atoms with van der Waals surface area (Å²) in [7, 11) is 0. The van der Waals surface area contributed by atoms with E-state index in [1.807, 2.05) is 36.4 Å². The van der Waals surface area contributed by atoms with Crippen molar-refractivity contribution in [2.24, 2.45) is 0 Å². The zero-order valence-electron chi connectivity index (χ0n) is 9.84. The van der Waals surface area contributed by atoms with Crippen LogP contribution in [0.3, 0.4) is 0 Å². The Balaban J connectivity index is 2.06. The summed E-state index contributed by atoms with van der Waals surface area (Å²) in [4.78, 5) is 12.7. The Morgan fingerprint density at radius 3 is 2.58 bits per heavy atom. The third-order valence-corrected chi connectivity index (χ3v) is 2.76. The lowest BCUT2D eigenvalue weighted by Crippen LogP contribution is -1.93. The van der Waals surface area contributed by atoms with Gasteiger partial charge < -0.3 is 0 Å². The van der Waals surface area contributed by atoms with Gasteiger partial charge in [-0.25, -0.2) is 15.0 Å². The molecule has 0 saturated carbocycles. The minimum absolute atomic E-state index is 0.295. The van der Waals surface area contributed by atoms with Gasteiger partial charge in [-0.1, -0.05) is 35.7 Å². The number of hydrogen-bond donors (Lipinski definition) is 0. The van der Waals surface area contributed by atoms with E-state index in [4.69, 9.17) is 11.6 Å². The van der Waals surface area contributed by atoms with Gasteiger partial charge in [0.2, 0.25) is 0 Å². The van der Waals surface area contributed by atoms with Crippen molar-refractivity contribution >= 4 is 22.8 Å². The van der Waals surface area contributed by atoms with E-state index in [1.54, 1.807) is 12.3 Å². The van der Waals surface area contributed by atoms with Crippen LogP contribution in [0.5, 0.6) is 0 Å². The van der Waals surface area contributed by atoms with Gasteiger partial charge in [0.25, 0.3) is 0 Å². The number of hydrogen-bond acceptors (Lipinski definition) is 3. The third-order valence-electron chi connectivity index (χ3n) is 2.50. The predicted molar refractivity (Wildman–Crippen MR) is 74.8 cm³/mol. The van der Waals surface area contributed by atoms with Gasteiger partial charge in [-0.2, -0.15) is 0 Å². The molecule has 0 fully saturated rings. The van der Waals surface area contributed by atoms with Crippen molar-refractivity contribution < 1.29 is 0 Å². The number of fused-ring (bicyclic) bond motifs is 1. The van der Waals surface area contributed by atoms with Crippen LogP contribution >= 0.6 is 11.6 Å². The molecule has 2 aromatic heterocycles. The van der Waals surface area contributed by atoms with E-state index in [0.29, 0.717) is 22.0 Å². The Morgan fingerprint density at radius 1 is 0.895 bits per heavy atom. The maximum Gasteiger partial charge on any atom is 0.179 e. The second kappa shape index (κ2) is 5.05. The average molecular weight is 266 g/mol. The molecule has 0 bridgehead atoms. The van der Waals surface area contributed by atoms with E-state index < -0.39 is 0 Å². The van der Waals surface area contributed by atoms with Crippen LogP contribution in [0.25, 0.3) is 11.2 Å². The van der Waals surface area contributed by atoms with Crippen molar-refractivity contribution in [3.63, 3.8) is 0 Å². The van der Waals surface area contributed by atoms with Crippen molar-refractivity contribution in [1.29, 1.82) is 0 Å². The monoisotopic (exact) mass is 265 g/mol. The second-order valence-corrected chi connectivity index (χ2v) is 4.18. The van der Waals surface area contributed by atoms with Crippen LogP contribution in [0.15, 0.2) is 48.7 Å². The normalized spacial score (nSPS) is 9.95. The smallest absolute Gasteiger partial charge is 0.179 e. The van der Waals surface area contributed by atoms with Crippen LogP contribution in [0.4, 0.5) is 0 Å². The molecule has 3 nitrogen and oxygen atoms in total. The van der Waals surface area contributed by atoms with Crippen molar-refractivity contribution in [3.05, 3.63) is 65.1 Å². The highest BCUT2D eigenvalue weighted by Gasteiger charge is 2.04. The van der Waals surface area contributed by atoms with Crippen molar-refractivity contribution in [2.45, 2.75) is 0 Å². The molecule has 2 heterocycles. The van der Waals surface area contributed by atoms with Crippen LogP contribution in [0.1, 0.15) is 11.3 Å². The molecule has 0 saturated heterocycles. The summed E-state index contributed by atoms with van der Waals surface area (Å²) in [5, 5.41) is 0.295. The minimum atomic E-state index is 0.295. The first-order chi connectivity index (χ1) is 9.33. The van der Waals surface area contributed by atoms with E-state index in [1.165, 1.54) is 0 Å². The molecule has 90 valence electrons. The maximum absolute atomic E-state index is 6.07. The van der Waals surface area contributed by atoms with Gasteiger partial charge in [0.05, 0.1) is 0 Å². The second-order valence-electron chi connectivity index (χ2n) is 3.83. The number of nitrogens with zero attached hydrogens (tertiary/aromatic N) is 3. The van der Waals surface area contributed by atoms with Gasteiger partial charge in [0, 0.05) is 11.8 Å². The molecule has 19 heavy (non-hydrogen) atoms. The molecule has 3 aromatic rings. The highest BCUT2D eigenvalue weighted by Crippen LogP contribution is 2.14. The summed E-state index contributed by atoms with van der Waals surface area (Å²) in [6, 6.07) is 13.3. The molecule has 0 amide bonds. The fourth-order valence-corrected chi connectivity index (χ4v) is 1.79. The molecular formula is C15H8ClN3. The summed E-state index contributed by atoms with van der Waals surface area (Å²) >= 11 is 6.07. The molecule has 3 rings (SSSR count). The van der Waals surface area contributed by atoms with Crippen molar-refractivity contribution in [1.82, 2.24) is 15.0 Å². The largest absolute Gasteiger partial charge is 0.235 e. The summed E-state index contributed by atoms with van der Waals surface area (Å²) in [6.45, 7) is 0. The summed E-state index contributed by atoms with van der Waals surface area (Å²) in [5.74, 6) is 5.93. The number of benzene rings is 1. The fraction of sp³-hybridized carbons (Fsp3) is 0. The summed E-state index contributed by atoms with van der Waals surface area (Å²) in [6.07, 6.45) is 1.67. The molecule has 0 aliphatic carbocycles. The molecule has 0 spiro atoms. The molecule has 4 heteroatoms. The quantitative estimate of drug-likeness (QED) is 0.587. The van der Waals surface area contributed by atoms with Gasteiger partial charge in [-0.3, -0.25) is 0 Å². The molecule has 0 unspecified atom stereocenters. The first kappa shape index (κ1) is 11.6. The Labute approximate surface area is 115 Å². The topological polar surface area (TPSA) is 38.7 Å². The van der Waals surface area contributed by atoms with Gasteiger partial charge in [0.1, 0.15) is 5.52 Å². The van der Waals surface area contributed by atoms with Crippen LogP contribution < -0.4 is 0 Å². The van der Waals surface area contributed by atoms with E-state index in [0.717, 1.165) is 5.56 Å². The van der Waals surface area contributed by atoms with Crippen LogP contribution in [-0.4, -0.2) is 15.0 Å². The molecule has 0 atom stereocenters. The van der Waals surface area contributed by atoms with Crippen LogP contribution in [0, 0.1) is 11.8 Å². The highest BCUT2D eigenvalue weighted by molar-refractivity contribution is 6.30. The van der Waals surface area contributed by atoms with Crippen molar-refractivity contribution in [2.75, 3.05) is 0 Å². The third kappa shape index (κ3) is 2.54. The molecule has 1 aromatic carbocycles. The fourth-order valence-electron chi connectivity index (χ4n) is 1.61. The maximum atomic E-state index is 6.07. The Morgan fingerprint density at radius 2 is 1.74 bits per heavy atom. The highest BCUT2D eigenvalue weighted by atomic mass is 35.5. The van der Waals surface area contributed by atoms with Crippen molar-refractivity contribution in [3.8, 4) is 11.8 Å². The number of pyridine rings is 1. The number of rotatable bonds is 0. The molecule has 0 radical (unpaired) electrons. The van der Waals surface area contributed by atoms with E-state index in [-0.39, 0.29) is 0 Å². The Hall–Kier alpha value is -2.44. The van der Waals surface area contributed by atoms with E-state index in [9.17, 15) is 0 Å². The van der Waals surface area contributed by atoms with E-state index in [2.05, 4.69) is 26.8 Å². The summed E-state index contributed by atoms with van der Waals surface area (Å²) < 4.78 is 0. The van der Waals surface area contributed by atoms with E-state index >= 15 is 0 Å².